The number of benzene rings is 1. The molecule has 0 bridgehead atoms. The van der Waals surface area contributed by atoms with E-state index >= 15 is 0 Å². The monoisotopic (exact) mass is 342 g/mol. The summed E-state index contributed by atoms with van der Waals surface area (Å²) in [5.41, 5.74) is 1.65. The first-order valence-corrected chi connectivity index (χ1v) is 8.38. The molecule has 3 rings (SSSR count). The molecule has 0 atom stereocenters. The molecular formula is C18H18N2O3S. The van der Waals surface area contributed by atoms with Gasteiger partial charge in [-0.25, -0.2) is 4.98 Å². The first kappa shape index (κ1) is 16.4. The Bertz CT molecular complexity index is 860. The van der Waals surface area contributed by atoms with Crippen LogP contribution in [-0.4, -0.2) is 31.2 Å². The molecule has 3 aromatic rings. The fourth-order valence-electron chi connectivity index (χ4n) is 2.36. The predicted octanol–water partition coefficient (Wildman–Crippen LogP) is 3.88. The van der Waals surface area contributed by atoms with Gasteiger partial charge >= 0.3 is 0 Å². The highest BCUT2D eigenvalue weighted by Gasteiger charge is 2.16. The lowest BCUT2D eigenvalue weighted by Crippen LogP contribution is -2.11. The van der Waals surface area contributed by atoms with Crippen LogP contribution in [0.1, 0.15) is 15.2 Å². The van der Waals surface area contributed by atoms with E-state index in [9.17, 15) is 4.79 Å². The van der Waals surface area contributed by atoms with Gasteiger partial charge in [0.2, 0.25) is 0 Å². The molecule has 5 nitrogen and oxygen atoms in total. The molecule has 2 heterocycles. The summed E-state index contributed by atoms with van der Waals surface area (Å²) < 4.78 is 10.5. The van der Waals surface area contributed by atoms with Crippen LogP contribution >= 0.6 is 11.3 Å². The zero-order valence-electron chi connectivity index (χ0n) is 13.5. The fourth-order valence-corrected chi connectivity index (χ4v) is 3.41. The Labute approximate surface area is 144 Å². The Morgan fingerprint density at radius 3 is 2.92 bits per heavy atom. The van der Waals surface area contributed by atoms with E-state index in [0.29, 0.717) is 29.5 Å². The normalized spacial score (nSPS) is 10.8. The number of carbonyl (C=O) groups is 1. The molecule has 0 radical (unpaired) electrons. The second kappa shape index (κ2) is 7.42. The summed E-state index contributed by atoms with van der Waals surface area (Å²) in [6.45, 7) is 2.93. The number of hydrogen-bond donors (Lipinski definition) is 1. The number of methoxy groups -OCH3 is 1. The molecule has 124 valence electrons. The van der Waals surface area contributed by atoms with Crippen molar-refractivity contribution in [1.29, 1.82) is 0 Å². The van der Waals surface area contributed by atoms with E-state index in [2.05, 4.69) is 10.3 Å². The molecule has 24 heavy (non-hydrogen) atoms. The summed E-state index contributed by atoms with van der Waals surface area (Å²) in [4.78, 5) is 18.4. The lowest BCUT2D eigenvalue weighted by molar-refractivity contribution is 0.103. The first-order valence-electron chi connectivity index (χ1n) is 7.56. The number of aryl methyl sites for hydroxylation is 1. The van der Waals surface area contributed by atoms with Crippen molar-refractivity contribution in [3.05, 3.63) is 53.0 Å². The highest BCUT2D eigenvalue weighted by molar-refractivity contribution is 7.20. The van der Waals surface area contributed by atoms with E-state index in [1.54, 1.807) is 19.4 Å². The molecule has 2 aromatic heterocycles. The van der Waals surface area contributed by atoms with E-state index in [1.807, 2.05) is 37.3 Å². The van der Waals surface area contributed by atoms with Gasteiger partial charge in [0.1, 0.15) is 17.2 Å². The number of nitrogens with one attached hydrogen (secondary N) is 1. The van der Waals surface area contributed by atoms with E-state index in [4.69, 9.17) is 9.47 Å². The Hall–Kier alpha value is -2.44. The van der Waals surface area contributed by atoms with Crippen LogP contribution in [0.3, 0.4) is 0 Å². The lowest BCUT2D eigenvalue weighted by Gasteiger charge is -2.08. The van der Waals surface area contributed by atoms with Gasteiger partial charge in [0.25, 0.3) is 5.91 Å². The molecule has 0 fully saturated rings. The van der Waals surface area contributed by atoms with Gasteiger partial charge < -0.3 is 14.8 Å². The lowest BCUT2D eigenvalue weighted by atomic mass is 10.2. The van der Waals surface area contributed by atoms with Crippen LogP contribution in [0.15, 0.2) is 42.6 Å². The summed E-state index contributed by atoms with van der Waals surface area (Å²) >= 11 is 1.40. The van der Waals surface area contributed by atoms with Gasteiger partial charge in [-0.1, -0.05) is 12.1 Å². The van der Waals surface area contributed by atoms with E-state index in [0.717, 1.165) is 15.8 Å². The number of nitrogens with zero attached hydrogens (tertiary/aromatic N) is 1. The summed E-state index contributed by atoms with van der Waals surface area (Å²) in [7, 11) is 1.63. The minimum atomic E-state index is -0.135. The number of pyridine rings is 1. The van der Waals surface area contributed by atoms with Crippen molar-refractivity contribution in [2.24, 2.45) is 0 Å². The minimum absolute atomic E-state index is 0.135. The third kappa shape index (κ3) is 3.55. The molecule has 0 saturated heterocycles. The SMILES string of the molecule is COCCOc1cccc(NC(=O)c2sc3ncccc3c2C)c1. The van der Waals surface area contributed by atoms with Crippen LogP contribution in [-0.2, 0) is 4.74 Å². The average molecular weight is 342 g/mol. The van der Waals surface area contributed by atoms with Crippen molar-refractivity contribution in [2.75, 3.05) is 25.6 Å². The summed E-state index contributed by atoms with van der Waals surface area (Å²) in [6.07, 6.45) is 1.74. The van der Waals surface area contributed by atoms with Crippen LogP contribution in [0.5, 0.6) is 5.75 Å². The van der Waals surface area contributed by atoms with Crippen LogP contribution in [0.2, 0.25) is 0 Å². The zero-order chi connectivity index (χ0) is 16.9. The quantitative estimate of drug-likeness (QED) is 0.691. The molecule has 1 N–H and O–H groups in total. The van der Waals surface area contributed by atoms with Gasteiger partial charge in [0, 0.05) is 30.4 Å². The number of thiophene rings is 1. The van der Waals surface area contributed by atoms with Crippen LogP contribution in [0, 0.1) is 6.92 Å². The largest absolute Gasteiger partial charge is 0.491 e. The first-order chi connectivity index (χ1) is 11.7. The molecule has 1 amide bonds. The number of anilines is 1. The summed E-state index contributed by atoms with van der Waals surface area (Å²) in [5.74, 6) is 0.559. The molecule has 6 heteroatoms. The number of rotatable bonds is 6. The number of aromatic nitrogens is 1. The Balaban J connectivity index is 1.76. The van der Waals surface area contributed by atoms with Crippen molar-refractivity contribution in [3.63, 3.8) is 0 Å². The van der Waals surface area contributed by atoms with Crippen molar-refractivity contribution >= 4 is 33.1 Å². The number of hydrogen-bond acceptors (Lipinski definition) is 5. The van der Waals surface area contributed by atoms with Gasteiger partial charge in [-0.15, -0.1) is 11.3 Å². The molecule has 0 aliphatic carbocycles. The number of fused-ring (bicyclic) bond motifs is 1. The van der Waals surface area contributed by atoms with Gasteiger partial charge in [0.05, 0.1) is 11.5 Å². The van der Waals surface area contributed by atoms with E-state index in [-0.39, 0.29) is 5.91 Å². The predicted molar refractivity (Wildman–Crippen MR) is 96.1 cm³/mol. The van der Waals surface area contributed by atoms with E-state index in [1.165, 1.54) is 11.3 Å². The van der Waals surface area contributed by atoms with Gasteiger partial charge in [0.15, 0.2) is 0 Å². The van der Waals surface area contributed by atoms with E-state index < -0.39 is 0 Å². The maximum atomic E-state index is 12.6. The van der Waals surface area contributed by atoms with Gasteiger partial charge in [-0.3, -0.25) is 4.79 Å². The second-order valence-corrected chi connectivity index (χ2v) is 6.23. The molecule has 0 saturated carbocycles. The van der Waals surface area contributed by atoms with Gasteiger partial charge in [-0.05, 0) is 30.7 Å². The standard InChI is InChI=1S/C18H18N2O3S/c1-12-15-7-4-8-19-18(15)24-16(12)17(21)20-13-5-3-6-14(11-13)23-10-9-22-2/h3-8,11H,9-10H2,1-2H3,(H,20,21). The van der Waals surface area contributed by atoms with Crippen LogP contribution < -0.4 is 10.1 Å². The fraction of sp³-hybridized carbons (Fsp3) is 0.222. The molecule has 0 aliphatic heterocycles. The van der Waals surface area contributed by atoms with Crippen molar-refractivity contribution in [3.8, 4) is 5.75 Å². The Morgan fingerprint density at radius 1 is 1.25 bits per heavy atom. The maximum absolute atomic E-state index is 12.6. The second-order valence-electron chi connectivity index (χ2n) is 5.24. The summed E-state index contributed by atoms with van der Waals surface area (Å²) in [5, 5.41) is 3.94. The number of amides is 1. The molecule has 0 spiro atoms. The summed E-state index contributed by atoms with van der Waals surface area (Å²) in [6, 6.07) is 11.2. The number of ether oxygens (including phenoxy) is 2. The van der Waals surface area contributed by atoms with Crippen molar-refractivity contribution < 1.29 is 14.3 Å². The third-order valence-electron chi connectivity index (χ3n) is 3.57. The smallest absolute Gasteiger partial charge is 0.266 e. The topological polar surface area (TPSA) is 60.5 Å². The molecule has 0 unspecified atom stereocenters. The minimum Gasteiger partial charge on any atom is -0.491 e. The molecule has 0 aliphatic rings. The van der Waals surface area contributed by atoms with Gasteiger partial charge in [-0.2, -0.15) is 0 Å². The highest BCUT2D eigenvalue weighted by Crippen LogP contribution is 2.29. The maximum Gasteiger partial charge on any atom is 0.266 e. The van der Waals surface area contributed by atoms with Crippen LogP contribution in [0.25, 0.3) is 10.2 Å². The average Bonchev–Trinajstić information content (AvgIpc) is 2.93. The highest BCUT2D eigenvalue weighted by atomic mass is 32.1. The Kier molecular flexibility index (Phi) is 5.08. The van der Waals surface area contributed by atoms with Crippen molar-refractivity contribution in [1.82, 2.24) is 4.98 Å². The number of carbonyl (C=O) groups excluding carboxylic acids is 1. The van der Waals surface area contributed by atoms with Crippen molar-refractivity contribution in [2.45, 2.75) is 6.92 Å². The third-order valence-corrected chi connectivity index (χ3v) is 4.78. The molecular weight excluding hydrogens is 324 g/mol. The zero-order valence-corrected chi connectivity index (χ0v) is 14.4. The molecule has 1 aromatic carbocycles. The van der Waals surface area contributed by atoms with Crippen LogP contribution in [0.4, 0.5) is 5.69 Å². The Morgan fingerprint density at radius 2 is 2.12 bits per heavy atom.